The van der Waals surface area contributed by atoms with Crippen LogP contribution in [0.25, 0.3) is 11.3 Å². The molecule has 1 saturated carbocycles. The molecular weight excluding hydrogens is 502 g/mol. The van der Waals surface area contributed by atoms with Crippen molar-refractivity contribution in [2.75, 3.05) is 5.32 Å². The van der Waals surface area contributed by atoms with Crippen LogP contribution in [0.3, 0.4) is 0 Å². The Hall–Kier alpha value is -2.65. The number of sulfonamides is 1. The zero-order chi connectivity index (χ0) is 23.6. The van der Waals surface area contributed by atoms with Gasteiger partial charge in [-0.05, 0) is 36.6 Å². The molecule has 0 radical (unpaired) electrons. The van der Waals surface area contributed by atoms with Crippen LogP contribution in [0.4, 0.5) is 11.6 Å². The van der Waals surface area contributed by atoms with E-state index >= 15 is 0 Å². The minimum atomic E-state index is -3.85. The highest BCUT2D eigenvalue weighted by Gasteiger charge is 2.26. The quantitative estimate of drug-likeness (QED) is 0.281. The highest BCUT2D eigenvalue weighted by molar-refractivity contribution is 7.89. The van der Waals surface area contributed by atoms with Gasteiger partial charge in [0.15, 0.2) is 0 Å². The molecule has 11 nitrogen and oxygen atoms in total. The summed E-state index contributed by atoms with van der Waals surface area (Å²) in [5.74, 6) is 0.212. The molecule has 2 aromatic carbocycles. The van der Waals surface area contributed by atoms with Gasteiger partial charge in [0.1, 0.15) is 0 Å². The Morgan fingerprint density at radius 2 is 1.76 bits per heavy atom. The molecule has 1 aliphatic rings. The zero-order valence-electron chi connectivity index (χ0n) is 17.9. The molecule has 182 valence electrons. The number of halogens is 1. The van der Waals surface area contributed by atoms with Crippen molar-refractivity contribution in [2.24, 2.45) is 5.14 Å². The molecule has 0 aliphatic heterocycles. The van der Waals surface area contributed by atoms with E-state index in [9.17, 15) is 16.8 Å². The SMILES string of the molecule is N.NS(=O)(=O)c1cccc(Nc2ncc(Cl)c(-c3ccc(CNS(=O)(=O)NC4CC4)cc3)n2)c1. The van der Waals surface area contributed by atoms with E-state index in [0.29, 0.717) is 22.0 Å². The highest BCUT2D eigenvalue weighted by Crippen LogP contribution is 2.28. The molecule has 3 aromatic rings. The summed E-state index contributed by atoms with van der Waals surface area (Å²) in [7, 11) is -7.37. The van der Waals surface area contributed by atoms with E-state index in [4.69, 9.17) is 16.7 Å². The van der Waals surface area contributed by atoms with Gasteiger partial charge in [0.05, 0.1) is 21.8 Å². The number of nitrogens with one attached hydrogen (secondary N) is 3. The lowest BCUT2D eigenvalue weighted by molar-refractivity contribution is 0.565. The van der Waals surface area contributed by atoms with Crippen LogP contribution in [-0.2, 0) is 26.8 Å². The number of nitrogens with two attached hydrogens (primary N) is 1. The Morgan fingerprint density at radius 3 is 2.41 bits per heavy atom. The predicted octanol–water partition coefficient (Wildman–Crippen LogP) is 2.44. The van der Waals surface area contributed by atoms with Gasteiger partial charge in [-0.25, -0.2) is 23.5 Å². The first-order valence-corrected chi connectivity index (χ1v) is 13.3. The van der Waals surface area contributed by atoms with Gasteiger partial charge < -0.3 is 11.5 Å². The Kier molecular flexibility index (Phi) is 7.88. The molecule has 1 aliphatic carbocycles. The monoisotopic (exact) mass is 525 g/mol. The summed E-state index contributed by atoms with van der Waals surface area (Å²) in [5, 5.41) is 8.43. The van der Waals surface area contributed by atoms with Crippen LogP contribution in [0.5, 0.6) is 0 Å². The topological polar surface area (TPSA) is 191 Å². The number of rotatable bonds is 9. The summed E-state index contributed by atoms with van der Waals surface area (Å²) >= 11 is 6.29. The minimum absolute atomic E-state index is 0. The standard InChI is InChI=1S/C20H21ClN6O4S2.H3N/c21-18-12-23-20(25-16-2-1-3-17(10-16)32(22,28)29)26-19(18)14-6-4-13(5-7-14)11-24-33(30,31)27-15-8-9-15;/h1-7,10,12,15,24,27H,8-9,11H2,(H2,22,28,29)(H,23,25,26);1H3. The van der Waals surface area contributed by atoms with Gasteiger partial charge in [0.25, 0.3) is 10.2 Å². The van der Waals surface area contributed by atoms with Crippen molar-refractivity contribution >= 4 is 43.5 Å². The molecule has 0 bridgehead atoms. The molecule has 0 spiro atoms. The van der Waals surface area contributed by atoms with Crippen molar-refractivity contribution in [2.45, 2.75) is 30.3 Å². The fourth-order valence-corrected chi connectivity index (χ4v) is 4.80. The first-order valence-electron chi connectivity index (χ1n) is 9.88. The van der Waals surface area contributed by atoms with Crippen molar-refractivity contribution < 1.29 is 16.8 Å². The molecule has 8 N–H and O–H groups in total. The molecule has 1 aromatic heterocycles. The fraction of sp³-hybridized carbons (Fsp3) is 0.200. The third kappa shape index (κ3) is 6.93. The van der Waals surface area contributed by atoms with Crippen molar-refractivity contribution in [3.8, 4) is 11.3 Å². The molecule has 0 saturated heterocycles. The first-order chi connectivity index (χ1) is 15.6. The van der Waals surface area contributed by atoms with E-state index < -0.39 is 20.2 Å². The van der Waals surface area contributed by atoms with Crippen LogP contribution in [0.15, 0.2) is 59.6 Å². The van der Waals surface area contributed by atoms with Crippen LogP contribution in [0.2, 0.25) is 5.02 Å². The number of nitrogens with zero attached hydrogens (tertiary/aromatic N) is 2. The Balaban J connectivity index is 0.00000324. The third-order valence-electron chi connectivity index (χ3n) is 4.76. The maximum atomic E-state index is 11.9. The van der Waals surface area contributed by atoms with Gasteiger partial charge in [-0.1, -0.05) is 41.9 Å². The number of primary sulfonamides is 1. The summed E-state index contributed by atoms with van der Waals surface area (Å²) in [6.07, 6.45) is 3.16. The molecule has 0 unspecified atom stereocenters. The minimum Gasteiger partial charge on any atom is -0.344 e. The third-order valence-corrected chi connectivity index (χ3v) is 7.11. The molecule has 34 heavy (non-hydrogen) atoms. The molecule has 14 heteroatoms. The first kappa shape index (κ1) is 26.0. The largest absolute Gasteiger partial charge is 0.344 e. The van der Waals surface area contributed by atoms with Crippen molar-refractivity contribution in [1.82, 2.24) is 25.6 Å². The summed E-state index contributed by atoms with van der Waals surface area (Å²) < 4.78 is 52.1. The second kappa shape index (κ2) is 10.3. The normalized spacial score (nSPS) is 13.8. The van der Waals surface area contributed by atoms with Crippen LogP contribution >= 0.6 is 11.6 Å². The van der Waals surface area contributed by atoms with Crippen molar-refractivity contribution in [3.05, 3.63) is 65.3 Å². The number of hydrogen-bond acceptors (Lipinski definition) is 8. The molecule has 0 amide bonds. The Bertz CT molecular complexity index is 1380. The Morgan fingerprint density at radius 1 is 1.06 bits per heavy atom. The average molecular weight is 526 g/mol. The molecular formula is C20H24ClN7O4S2. The van der Waals surface area contributed by atoms with Gasteiger partial charge in [-0.3, -0.25) is 0 Å². The van der Waals surface area contributed by atoms with Crippen molar-refractivity contribution in [3.63, 3.8) is 0 Å². The van der Waals surface area contributed by atoms with E-state index in [1.165, 1.54) is 18.3 Å². The zero-order valence-corrected chi connectivity index (χ0v) is 20.3. The highest BCUT2D eigenvalue weighted by atomic mass is 35.5. The average Bonchev–Trinajstić information content (AvgIpc) is 3.57. The van der Waals surface area contributed by atoms with E-state index in [0.717, 1.165) is 18.4 Å². The summed E-state index contributed by atoms with van der Waals surface area (Å²) in [6.45, 7) is 0.146. The van der Waals surface area contributed by atoms with Crippen molar-refractivity contribution in [1.29, 1.82) is 0 Å². The molecule has 0 atom stereocenters. The second-order valence-electron chi connectivity index (χ2n) is 7.50. The molecule has 1 fully saturated rings. The lowest BCUT2D eigenvalue weighted by Gasteiger charge is -2.10. The van der Waals surface area contributed by atoms with Gasteiger partial charge in [-0.2, -0.15) is 17.9 Å². The van der Waals surface area contributed by atoms with Gasteiger partial charge in [-0.15, -0.1) is 0 Å². The number of anilines is 2. The fourth-order valence-electron chi connectivity index (χ4n) is 2.93. The summed E-state index contributed by atoms with van der Waals surface area (Å²) in [4.78, 5) is 8.52. The van der Waals surface area contributed by atoms with Gasteiger partial charge in [0, 0.05) is 23.8 Å². The Labute approximate surface area is 203 Å². The van der Waals surface area contributed by atoms with E-state index in [1.54, 1.807) is 36.4 Å². The smallest absolute Gasteiger partial charge is 0.277 e. The van der Waals surface area contributed by atoms with E-state index in [-0.39, 0.29) is 29.6 Å². The maximum Gasteiger partial charge on any atom is 0.277 e. The number of benzene rings is 2. The predicted molar refractivity (Wildman–Crippen MR) is 131 cm³/mol. The molecule has 1 heterocycles. The summed E-state index contributed by atoms with van der Waals surface area (Å²) in [6, 6.07) is 13.1. The number of aromatic nitrogens is 2. The van der Waals surface area contributed by atoms with Crippen LogP contribution in [0, 0.1) is 0 Å². The maximum absolute atomic E-state index is 11.9. The van der Waals surface area contributed by atoms with Gasteiger partial charge >= 0.3 is 0 Å². The summed E-state index contributed by atoms with van der Waals surface area (Å²) in [5.41, 5.74) is 2.37. The lowest BCUT2D eigenvalue weighted by atomic mass is 10.1. The van der Waals surface area contributed by atoms with Crippen LogP contribution < -0.4 is 26.1 Å². The number of hydrogen-bond donors (Lipinski definition) is 5. The van der Waals surface area contributed by atoms with E-state index in [1.807, 2.05) is 0 Å². The second-order valence-corrected chi connectivity index (χ2v) is 11.0. The van der Waals surface area contributed by atoms with E-state index in [2.05, 4.69) is 24.7 Å². The molecule has 4 rings (SSSR count). The van der Waals surface area contributed by atoms with Crippen LogP contribution in [-0.4, -0.2) is 32.8 Å². The van der Waals surface area contributed by atoms with Gasteiger partial charge in [0.2, 0.25) is 16.0 Å². The van der Waals surface area contributed by atoms with Crippen LogP contribution in [0.1, 0.15) is 18.4 Å². The lowest BCUT2D eigenvalue weighted by Crippen LogP contribution is -2.37.